The van der Waals surface area contributed by atoms with Crippen molar-refractivity contribution in [2.75, 3.05) is 25.1 Å². The van der Waals surface area contributed by atoms with Crippen molar-refractivity contribution < 1.29 is 14.3 Å². The summed E-state index contributed by atoms with van der Waals surface area (Å²) in [6.45, 7) is 3.45. The Balaban J connectivity index is 1.60. The Kier molecular flexibility index (Phi) is 5.90. The number of carbonyl (C=O) groups is 2. The zero-order valence-electron chi connectivity index (χ0n) is 15.6. The summed E-state index contributed by atoms with van der Waals surface area (Å²) >= 11 is 0. The molecule has 3 rings (SSSR count). The summed E-state index contributed by atoms with van der Waals surface area (Å²) in [5, 5.41) is 2.98. The van der Waals surface area contributed by atoms with Gasteiger partial charge in [0.2, 0.25) is 5.91 Å². The zero-order valence-corrected chi connectivity index (χ0v) is 15.6. The minimum atomic E-state index is -0.213. The Morgan fingerprint density at radius 3 is 2.74 bits per heavy atom. The van der Waals surface area contributed by atoms with Crippen LogP contribution in [0.3, 0.4) is 0 Å². The summed E-state index contributed by atoms with van der Waals surface area (Å²) in [5.74, 6) is 0.741. The molecular weight excluding hydrogens is 344 g/mol. The molecule has 1 aliphatic heterocycles. The van der Waals surface area contributed by atoms with Crippen LogP contribution in [0, 0.1) is 0 Å². The zero-order chi connectivity index (χ0) is 19.2. The van der Waals surface area contributed by atoms with Crippen molar-refractivity contribution >= 4 is 17.6 Å². The number of anilines is 1. The van der Waals surface area contributed by atoms with Crippen LogP contribution in [0.5, 0.6) is 5.75 Å². The summed E-state index contributed by atoms with van der Waals surface area (Å²) in [7, 11) is 1.60. The second-order valence-corrected chi connectivity index (χ2v) is 6.43. The quantitative estimate of drug-likeness (QED) is 0.850. The highest BCUT2D eigenvalue weighted by Crippen LogP contribution is 2.24. The molecular formula is C20H24N4O3. The molecule has 7 heteroatoms. The summed E-state index contributed by atoms with van der Waals surface area (Å²) in [6, 6.07) is 10.7. The molecule has 142 valence electrons. The summed E-state index contributed by atoms with van der Waals surface area (Å²) in [5.41, 5.74) is 1.78. The van der Waals surface area contributed by atoms with Crippen molar-refractivity contribution in [3.05, 3.63) is 54.4 Å². The van der Waals surface area contributed by atoms with Gasteiger partial charge in [0.05, 0.1) is 13.2 Å². The summed E-state index contributed by atoms with van der Waals surface area (Å²) in [6.07, 6.45) is 3.75. The third kappa shape index (κ3) is 4.55. The SMILES string of the molecule is CCN(Cc1cccnc1)C(=O)NC1CC(=O)N(c2ccc(OC)cc2)C1. The van der Waals surface area contributed by atoms with Gasteiger partial charge in [-0.1, -0.05) is 6.07 Å². The van der Waals surface area contributed by atoms with E-state index < -0.39 is 0 Å². The van der Waals surface area contributed by atoms with Crippen molar-refractivity contribution in [1.82, 2.24) is 15.2 Å². The molecule has 1 saturated heterocycles. The number of rotatable bonds is 6. The third-order valence-corrected chi connectivity index (χ3v) is 4.60. The number of urea groups is 1. The number of aromatic nitrogens is 1. The van der Waals surface area contributed by atoms with E-state index in [1.807, 2.05) is 43.3 Å². The van der Waals surface area contributed by atoms with E-state index in [1.54, 1.807) is 29.3 Å². The topological polar surface area (TPSA) is 74.8 Å². The van der Waals surface area contributed by atoms with E-state index >= 15 is 0 Å². The number of nitrogens with zero attached hydrogens (tertiary/aromatic N) is 3. The van der Waals surface area contributed by atoms with Crippen molar-refractivity contribution in [1.29, 1.82) is 0 Å². The number of methoxy groups -OCH3 is 1. The van der Waals surface area contributed by atoms with Gasteiger partial charge in [-0.3, -0.25) is 9.78 Å². The molecule has 1 aromatic heterocycles. The Bertz CT molecular complexity index is 780. The molecule has 1 aromatic carbocycles. The molecule has 0 saturated carbocycles. The van der Waals surface area contributed by atoms with Crippen LogP contribution < -0.4 is 15.0 Å². The highest BCUT2D eigenvalue weighted by molar-refractivity contribution is 5.96. The van der Waals surface area contributed by atoms with Gasteiger partial charge in [-0.25, -0.2) is 4.79 Å². The minimum Gasteiger partial charge on any atom is -0.497 e. The van der Waals surface area contributed by atoms with Crippen molar-refractivity contribution in [2.24, 2.45) is 0 Å². The Morgan fingerprint density at radius 2 is 2.11 bits per heavy atom. The Hall–Kier alpha value is -3.09. The number of pyridine rings is 1. The molecule has 1 fully saturated rings. The fourth-order valence-corrected chi connectivity index (χ4v) is 3.12. The molecule has 1 aliphatic rings. The molecule has 1 N–H and O–H groups in total. The van der Waals surface area contributed by atoms with Crippen LogP contribution in [-0.4, -0.2) is 48.1 Å². The van der Waals surface area contributed by atoms with Crippen LogP contribution in [0.1, 0.15) is 18.9 Å². The number of hydrogen-bond donors (Lipinski definition) is 1. The molecule has 3 amide bonds. The Labute approximate surface area is 158 Å². The molecule has 2 heterocycles. The second kappa shape index (κ2) is 8.53. The lowest BCUT2D eigenvalue weighted by molar-refractivity contribution is -0.117. The second-order valence-electron chi connectivity index (χ2n) is 6.43. The van der Waals surface area contributed by atoms with E-state index in [4.69, 9.17) is 4.74 Å². The molecule has 27 heavy (non-hydrogen) atoms. The first-order chi connectivity index (χ1) is 13.1. The van der Waals surface area contributed by atoms with Gasteiger partial charge >= 0.3 is 6.03 Å². The van der Waals surface area contributed by atoms with Crippen LogP contribution in [0.4, 0.5) is 10.5 Å². The number of hydrogen-bond acceptors (Lipinski definition) is 4. The highest BCUT2D eigenvalue weighted by Gasteiger charge is 2.32. The maximum absolute atomic E-state index is 12.6. The smallest absolute Gasteiger partial charge is 0.317 e. The predicted octanol–water partition coefficient (Wildman–Crippen LogP) is 2.43. The average molecular weight is 368 g/mol. The standard InChI is InChI=1S/C20H24N4O3/c1-3-23(13-15-5-4-10-21-12-15)20(26)22-16-11-19(25)24(14-16)17-6-8-18(27-2)9-7-17/h4-10,12,16H,3,11,13-14H2,1-2H3,(H,22,26). The summed E-state index contributed by atoms with van der Waals surface area (Å²) < 4.78 is 5.15. The molecule has 0 radical (unpaired) electrons. The van der Waals surface area contributed by atoms with Gasteiger partial charge in [0.15, 0.2) is 0 Å². The normalized spacial score (nSPS) is 16.3. The Morgan fingerprint density at radius 1 is 1.33 bits per heavy atom. The van der Waals surface area contributed by atoms with Crippen LogP contribution in [-0.2, 0) is 11.3 Å². The number of carbonyl (C=O) groups excluding carboxylic acids is 2. The van der Waals surface area contributed by atoms with Crippen molar-refractivity contribution in [2.45, 2.75) is 25.9 Å². The number of benzene rings is 1. The fraction of sp³-hybridized carbons (Fsp3) is 0.350. The number of nitrogens with one attached hydrogen (secondary N) is 1. The average Bonchev–Trinajstić information content (AvgIpc) is 3.06. The van der Waals surface area contributed by atoms with E-state index in [0.717, 1.165) is 17.0 Å². The first-order valence-electron chi connectivity index (χ1n) is 8.99. The number of ether oxygens (including phenoxy) is 1. The molecule has 0 spiro atoms. The molecule has 1 atom stereocenters. The third-order valence-electron chi connectivity index (χ3n) is 4.60. The lowest BCUT2D eigenvalue weighted by atomic mass is 10.2. The maximum atomic E-state index is 12.6. The molecule has 7 nitrogen and oxygen atoms in total. The molecule has 0 aliphatic carbocycles. The van der Waals surface area contributed by atoms with Gasteiger partial charge in [-0.05, 0) is 42.8 Å². The van der Waals surface area contributed by atoms with E-state index in [-0.39, 0.29) is 18.0 Å². The van der Waals surface area contributed by atoms with Gasteiger partial charge in [0.25, 0.3) is 0 Å². The number of amides is 3. The van der Waals surface area contributed by atoms with Gasteiger partial charge in [-0.2, -0.15) is 0 Å². The van der Waals surface area contributed by atoms with Gasteiger partial charge < -0.3 is 19.9 Å². The van der Waals surface area contributed by atoms with Crippen LogP contribution >= 0.6 is 0 Å². The van der Waals surface area contributed by atoms with Crippen LogP contribution in [0.15, 0.2) is 48.8 Å². The molecule has 1 unspecified atom stereocenters. The van der Waals surface area contributed by atoms with Crippen molar-refractivity contribution in [3.8, 4) is 5.75 Å². The fourth-order valence-electron chi connectivity index (χ4n) is 3.12. The van der Waals surface area contributed by atoms with E-state index in [9.17, 15) is 9.59 Å². The predicted molar refractivity (Wildman–Crippen MR) is 103 cm³/mol. The lowest BCUT2D eigenvalue weighted by Gasteiger charge is -2.24. The van der Waals surface area contributed by atoms with E-state index in [0.29, 0.717) is 26.1 Å². The molecule has 2 aromatic rings. The minimum absolute atomic E-state index is 0.000717. The van der Waals surface area contributed by atoms with Crippen LogP contribution in [0.25, 0.3) is 0 Å². The first-order valence-corrected chi connectivity index (χ1v) is 8.99. The van der Waals surface area contributed by atoms with E-state index in [2.05, 4.69) is 10.3 Å². The monoisotopic (exact) mass is 368 g/mol. The van der Waals surface area contributed by atoms with Crippen molar-refractivity contribution in [3.63, 3.8) is 0 Å². The van der Waals surface area contributed by atoms with E-state index in [1.165, 1.54) is 0 Å². The first kappa shape index (κ1) is 18.7. The van der Waals surface area contributed by atoms with Gasteiger partial charge in [0, 0.05) is 44.1 Å². The van der Waals surface area contributed by atoms with Gasteiger partial charge in [-0.15, -0.1) is 0 Å². The summed E-state index contributed by atoms with van der Waals surface area (Å²) in [4.78, 5) is 32.5. The highest BCUT2D eigenvalue weighted by atomic mass is 16.5. The van der Waals surface area contributed by atoms with Crippen LogP contribution in [0.2, 0.25) is 0 Å². The largest absolute Gasteiger partial charge is 0.497 e. The lowest BCUT2D eigenvalue weighted by Crippen LogP contribution is -2.45. The van der Waals surface area contributed by atoms with Gasteiger partial charge in [0.1, 0.15) is 5.75 Å². The maximum Gasteiger partial charge on any atom is 0.317 e. The molecule has 0 bridgehead atoms.